The van der Waals surface area contributed by atoms with Crippen LogP contribution in [-0.4, -0.2) is 21.8 Å². The van der Waals surface area contributed by atoms with Crippen molar-refractivity contribution >= 4 is 16.8 Å². The Morgan fingerprint density at radius 1 is 1.00 bits per heavy atom. The van der Waals surface area contributed by atoms with E-state index in [0.717, 1.165) is 10.7 Å². The van der Waals surface area contributed by atoms with E-state index in [9.17, 15) is 0 Å². The molecule has 15 heavy (non-hydrogen) atoms. The van der Waals surface area contributed by atoms with Crippen LogP contribution in [0.1, 0.15) is 33.3 Å². The number of nitrogens with zero attached hydrogens (tertiary/aromatic N) is 1. The van der Waals surface area contributed by atoms with Crippen LogP contribution in [0.4, 0.5) is 0 Å². The largest absolute Gasteiger partial charge is 0.277 e. The molecule has 0 fully saturated rings. The third-order valence-corrected chi connectivity index (χ3v) is 2.76. The lowest BCUT2D eigenvalue weighted by molar-refractivity contribution is -0.585. The fourth-order valence-electron chi connectivity index (χ4n) is 1.77. The van der Waals surface area contributed by atoms with Gasteiger partial charge in [-0.05, 0) is 51.4 Å². The van der Waals surface area contributed by atoms with Crippen LogP contribution in [-0.2, 0) is 0 Å². The van der Waals surface area contributed by atoms with Crippen molar-refractivity contribution in [3.05, 3.63) is 35.9 Å². The highest BCUT2D eigenvalue weighted by Crippen LogP contribution is 2.09. The SMILES string of the molecule is CC(C)[N+](=C(Cl)c1ccccc1)C(C)C. The highest BCUT2D eigenvalue weighted by atomic mass is 35.5. The molecule has 0 aliphatic heterocycles. The molecule has 2 heteroatoms. The monoisotopic (exact) mass is 224 g/mol. The molecule has 0 saturated carbocycles. The summed E-state index contributed by atoms with van der Waals surface area (Å²) in [6, 6.07) is 10.9. The second kappa shape index (κ2) is 5.32. The summed E-state index contributed by atoms with van der Waals surface area (Å²) >= 11 is 6.40. The summed E-state index contributed by atoms with van der Waals surface area (Å²) in [5.41, 5.74) is 1.08. The van der Waals surface area contributed by atoms with Crippen molar-refractivity contribution in [2.45, 2.75) is 39.8 Å². The topological polar surface area (TPSA) is 3.01 Å². The van der Waals surface area contributed by atoms with E-state index in [4.69, 9.17) is 11.6 Å². The standard InChI is InChI=1S/C13H19ClN/c1-10(2)15(11(3)4)13(14)12-8-6-5-7-9-12/h5-11H,1-4H3/q+1. The van der Waals surface area contributed by atoms with Crippen molar-refractivity contribution < 1.29 is 4.58 Å². The molecule has 1 aromatic rings. The summed E-state index contributed by atoms with van der Waals surface area (Å²) in [4.78, 5) is 0. The summed E-state index contributed by atoms with van der Waals surface area (Å²) in [5.74, 6) is 0. The van der Waals surface area contributed by atoms with E-state index in [0.29, 0.717) is 12.1 Å². The van der Waals surface area contributed by atoms with Crippen LogP contribution in [0.5, 0.6) is 0 Å². The van der Waals surface area contributed by atoms with E-state index in [1.54, 1.807) is 0 Å². The molecule has 1 aromatic carbocycles. The lowest BCUT2D eigenvalue weighted by atomic mass is 10.2. The van der Waals surface area contributed by atoms with Crippen molar-refractivity contribution in [1.29, 1.82) is 0 Å². The first kappa shape index (κ1) is 12.3. The molecule has 1 nitrogen and oxygen atoms in total. The van der Waals surface area contributed by atoms with Crippen molar-refractivity contribution in [2.24, 2.45) is 0 Å². The van der Waals surface area contributed by atoms with Gasteiger partial charge in [0.2, 0.25) is 0 Å². The van der Waals surface area contributed by atoms with E-state index >= 15 is 0 Å². The van der Waals surface area contributed by atoms with E-state index in [1.807, 2.05) is 30.3 Å². The number of benzene rings is 1. The highest BCUT2D eigenvalue weighted by molar-refractivity contribution is 6.68. The minimum absolute atomic E-state index is 0.415. The van der Waals surface area contributed by atoms with Gasteiger partial charge in [-0.15, -0.1) is 0 Å². The molecule has 1 rings (SSSR count). The molecule has 0 aromatic heterocycles. The van der Waals surface area contributed by atoms with Gasteiger partial charge >= 0.3 is 0 Å². The fourth-order valence-corrected chi connectivity index (χ4v) is 2.29. The molecule has 0 aliphatic carbocycles. The zero-order chi connectivity index (χ0) is 11.4. The van der Waals surface area contributed by atoms with Crippen molar-refractivity contribution in [1.82, 2.24) is 0 Å². The quantitative estimate of drug-likeness (QED) is 0.546. The van der Waals surface area contributed by atoms with Crippen LogP contribution < -0.4 is 0 Å². The van der Waals surface area contributed by atoms with E-state index < -0.39 is 0 Å². The average Bonchev–Trinajstić information content (AvgIpc) is 2.18. The predicted octanol–water partition coefficient (Wildman–Crippen LogP) is 3.50. The third-order valence-electron chi connectivity index (χ3n) is 2.35. The average molecular weight is 225 g/mol. The van der Waals surface area contributed by atoms with E-state index in [-0.39, 0.29) is 0 Å². The molecule has 0 unspecified atom stereocenters. The molecular formula is C13H19ClN+. The van der Waals surface area contributed by atoms with Crippen LogP contribution in [0.25, 0.3) is 0 Å². The second-order valence-corrected chi connectivity index (χ2v) is 4.61. The molecule has 0 atom stereocenters. The first-order valence-electron chi connectivity index (χ1n) is 5.40. The molecule has 82 valence electrons. The Hall–Kier alpha value is -0.820. The van der Waals surface area contributed by atoms with Crippen LogP contribution in [0.15, 0.2) is 30.3 Å². The zero-order valence-corrected chi connectivity index (χ0v) is 10.6. The highest BCUT2D eigenvalue weighted by Gasteiger charge is 2.20. The van der Waals surface area contributed by atoms with E-state index in [1.165, 1.54) is 0 Å². The van der Waals surface area contributed by atoms with Crippen LogP contribution in [0, 0.1) is 0 Å². The molecule has 0 saturated heterocycles. The Morgan fingerprint density at radius 2 is 1.47 bits per heavy atom. The summed E-state index contributed by atoms with van der Waals surface area (Å²) in [6.07, 6.45) is 0. The van der Waals surface area contributed by atoms with Gasteiger partial charge in [-0.2, -0.15) is 0 Å². The molecule has 0 aliphatic rings. The number of hydrogen-bond acceptors (Lipinski definition) is 0. The molecule has 0 spiro atoms. The molecule has 0 bridgehead atoms. The first-order chi connectivity index (χ1) is 7.04. The van der Waals surface area contributed by atoms with Crippen LogP contribution in [0.2, 0.25) is 0 Å². The maximum Gasteiger partial charge on any atom is 0.277 e. The van der Waals surface area contributed by atoms with Gasteiger partial charge in [0.15, 0.2) is 0 Å². The number of halogens is 1. The first-order valence-corrected chi connectivity index (χ1v) is 5.78. The van der Waals surface area contributed by atoms with Crippen LogP contribution in [0.3, 0.4) is 0 Å². The third kappa shape index (κ3) is 3.07. The van der Waals surface area contributed by atoms with Gasteiger partial charge in [-0.3, -0.25) is 0 Å². The second-order valence-electron chi connectivity index (χ2n) is 4.25. The van der Waals surface area contributed by atoms with Crippen molar-refractivity contribution in [3.8, 4) is 0 Å². The predicted molar refractivity (Wildman–Crippen MR) is 66.9 cm³/mol. The maximum absolute atomic E-state index is 6.40. The van der Waals surface area contributed by atoms with Gasteiger partial charge in [-0.1, -0.05) is 18.2 Å². The smallest absolute Gasteiger partial charge is 0.215 e. The molecule has 0 amide bonds. The zero-order valence-electron chi connectivity index (χ0n) is 9.87. The molecule has 0 N–H and O–H groups in total. The van der Waals surface area contributed by atoms with Gasteiger partial charge < -0.3 is 0 Å². The molecule has 0 radical (unpaired) electrons. The summed E-state index contributed by atoms with van der Waals surface area (Å²) < 4.78 is 2.22. The Bertz CT molecular complexity index is 329. The van der Waals surface area contributed by atoms with Crippen molar-refractivity contribution in [2.75, 3.05) is 0 Å². The molecule has 0 heterocycles. The van der Waals surface area contributed by atoms with E-state index in [2.05, 4.69) is 32.3 Å². The normalized spacial score (nSPS) is 10.9. The van der Waals surface area contributed by atoms with Gasteiger partial charge in [0.25, 0.3) is 5.17 Å². The van der Waals surface area contributed by atoms with Gasteiger partial charge in [0.1, 0.15) is 12.1 Å². The van der Waals surface area contributed by atoms with Crippen LogP contribution >= 0.6 is 11.6 Å². The Morgan fingerprint density at radius 3 is 1.87 bits per heavy atom. The summed E-state index contributed by atoms with van der Waals surface area (Å²) in [5, 5.41) is 0.834. The van der Waals surface area contributed by atoms with Gasteiger partial charge in [-0.25, -0.2) is 4.58 Å². The minimum atomic E-state index is 0.415. The Labute approximate surface area is 97.4 Å². The molecular weight excluding hydrogens is 206 g/mol. The maximum atomic E-state index is 6.40. The summed E-state index contributed by atoms with van der Waals surface area (Å²) in [6.45, 7) is 8.63. The Kier molecular flexibility index (Phi) is 4.34. The minimum Gasteiger partial charge on any atom is -0.215 e. The summed E-state index contributed by atoms with van der Waals surface area (Å²) in [7, 11) is 0. The lowest BCUT2D eigenvalue weighted by Gasteiger charge is -2.13. The number of rotatable bonds is 3. The van der Waals surface area contributed by atoms with Gasteiger partial charge in [0.05, 0.1) is 5.56 Å². The number of hydrogen-bond donors (Lipinski definition) is 0. The van der Waals surface area contributed by atoms with Gasteiger partial charge in [0, 0.05) is 0 Å². The lowest BCUT2D eigenvalue weighted by Crippen LogP contribution is -2.31. The van der Waals surface area contributed by atoms with Crippen molar-refractivity contribution in [3.63, 3.8) is 0 Å². The fraction of sp³-hybridized carbons (Fsp3) is 0.462. The Balaban J connectivity index is 3.17.